The molecule has 0 unspecified atom stereocenters. The van der Waals surface area contributed by atoms with Crippen LogP contribution in [0, 0.1) is 0 Å². The zero-order valence-electron chi connectivity index (χ0n) is 19.7. The van der Waals surface area contributed by atoms with E-state index in [0.29, 0.717) is 54.1 Å². The minimum absolute atomic E-state index is 0.0419. The van der Waals surface area contributed by atoms with Gasteiger partial charge in [-0.15, -0.1) is 0 Å². The minimum atomic E-state index is -0.317. The SMILES string of the molecule is C=CC(=O)Nc1cccc(Nc2nc(Nc3ccc(N4CCN(C(C)=O)CC4)cc3O)ncc2Cl)c1. The summed E-state index contributed by atoms with van der Waals surface area (Å²) in [6, 6.07) is 12.4. The number of rotatable bonds is 7. The number of hydrogen-bond acceptors (Lipinski definition) is 8. The highest BCUT2D eigenvalue weighted by Crippen LogP contribution is 2.32. The van der Waals surface area contributed by atoms with E-state index in [-0.39, 0.29) is 23.5 Å². The third kappa shape index (κ3) is 6.02. The molecule has 1 aromatic heterocycles. The molecule has 4 N–H and O–H groups in total. The molecule has 0 atom stereocenters. The van der Waals surface area contributed by atoms with Crippen LogP contribution in [-0.2, 0) is 9.59 Å². The molecule has 3 aromatic rings. The Labute approximate surface area is 213 Å². The number of amides is 2. The summed E-state index contributed by atoms with van der Waals surface area (Å²) >= 11 is 6.29. The first-order valence-electron chi connectivity index (χ1n) is 11.3. The van der Waals surface area contributed by atoms with E-state index >= 15 is 0 Å². The van der Waals surface area contributed by atoms with E-state index in [1.54, 1.807) is 43.3 Å². The second-order valence-electron chi connectivity index (χ2n) is 8.11. The van der Waals surface area contributed by atoms with Crippen LogP contribution in [0.3, 0.4) is 0 Å². The zero-order valence-corrected chi connectivity index (χ0v) is 20.4. The Balaban J connectivity index is 1.45. The molecule has 1 aliphatic heterocycles. The van der Waals surface area contributed by atoms with Crippen LogP contribution in [0.5, 0.6) is 5.75 Å². The van der Waals surface area contributed by atoms with Crippen molar-refractivity contribution in [3.05, 3.63) is 66.3 Å². The number of carbonyl (C=O) groups is 2. The number of phenolic OH excluding ortho intramolecular Hbond substituents is 1. The second kappa shape index (κ2) is 11.0. The molecule has 2 heterocycles. The molecule has 0 aliphatic carbocycles. The van der Waals surface area contributed by atoms with E-state index in [1.807, 2.05) is 11.0 Å². The fourth-order valence-corrected chi connectivity index (χ4v) is 3.88. The second-order valence-corrected chi connectivity index (χ2v) is 8.52. The van der Waals surface area contributed by atoms with E-state index in [9.17, 15) is 14.7 Å². The van der Waals surface area contributed by atoms with Crippen LogP contribution < -0.4 is 20.9 Å². The van der Waals surface area contributed by atoms with Gasteiger partial charge in [0.05, 0.1) is 11.9 Å². The molecule has 1 fully saturated rings. The van der Waals surface area contributed by atoms with Crippen molar-refractivity contribution in [1.82, 2.24) is 14.9 Å². The molecule has 1 aliphatic rings. The van der Waals surface area contributed by atoms with Crippen LogP contribution in [0.15, 0.2) is 61.3 Å². The van der Waals surface area contributed by atoms with E-state index in [4.69, 9.17) is 11.6 Å². The van der Waals surface area contributed by atoms with E-state index < -0.39 is 0 Å². The molecule has 4 rings (SSSR count). The predicted molar refractivity (Wildman–Crippen MR) is 141 cm³/mol. The number of piperazine rings is 1. The summed E-state index contributed by atoms with van der Waals surface area (Å²) in [5, 5.41) is 19.7. The Hall–Kier alpha value is -4.31. The maximum atomic E-state index is 11.6. The Kier molecular flexibility index (Phi) is 7.55. The average molecular weight is 508 g/mol. The maximum absolute atomic E-state index is 11.6. The summed E-state index contributed by atoms with van der Waals surface area (Å²) in [5.74, 6) is 0.376. The molecule has 0 bridgehead atoms. The first kappa shape index (κ1) is 24.8. The molecule has 36 heavy (non-hydrogen) atoms. The van der Waals surface area contributed by atoms with Crippen molar-refractivity contribution < 1.29 is 14.7 Å². The summed E-state index contributed by atoms with van der Waals surface area (Å²) in [5.41, 5.74) is 2.54. The van der Waals surface area contributed by atoms with Gasteiger partial charge < -0.3 is 30.9 Å². The summed E-state index contributed by atoms with van der Waals surface area (Å²) in [6.45, 7) is 7.70. The Bertz CT molecular complexity index is 1290. The lowest BCUT2D eigenvalue weighted by Gasteiger charge is -2.35. The molecular formula is C25H26ClN7O3. The van der Waals surface area contributed by atoms with Crippen molar-refractivity contribution >= 4 is 57.9 Å². The van der Waals surface area contributed by atoms with Crippen molar-refractivity contribution in [3.8, 4) is 5.75 Å². The summed E-state index contributed by atoms with van der Waals surface area (Å²) < 4.78 is 0. The number of nitrogens with zero attached hydrogens (tertiary/aromatic N) is 4. The fourth-order valence-electron chi connectivity index (χ4n) is 3.74. The number of phenols is 1. The van der Waals surface area contributed by atoms with Crippen LogP contribution in [0.4, 0.5) is 34.5 Å². The predicted octanol–water partition coefficient (Wildman–Crippen LogP) is 4.12. The van der Waals surface area contributed by atoms with Crippen LogP contribution in [0.1, 0.15) is 6.92 Å². The Morgan fingerprint density at radius 2 is 1.83 bits per heavy atom. The molecule has 0 radical (unpaired) electrons. The molecule has 0 saturated carbocycles. The molecule has 0 spiro atoms. The number of anilines is 6. The zero-order chi connectivity index (χ0) is 25.7. The highest BCUT2D eigenvalue weighted by atomic mass is 35.5. The maximum Gasteiger partial charge on any atom is 0.247 e. The van der Waals surface area contributed by atoms with E-state index in [0.717, 1.165) is 5.69 Å². The van der Waals surface area contributed by atoms with Crippen LogP contribution in [-0.4, -0.2) is 58.0 Å². The minimum Gasteiger partial charge on any atom is -0.506 e. The number of nitrogens with one attached hydrogen (secondary N) is 3. The number of halogens is 1. The van der Waals surface area contributed by atoms with Crippen molar-refractivity contribution in [1.29, 1.82) is 0 Å². The number of hydrogen-bond donors (Lipinski definition) is 4. The molecule has 186 valence electrons. The van der Waals surface area contributed by atoms with Gasteiger partial charge in [-0.1, -0.05) is 24.2 Å². The van der Waals surface area contributed by atoms with Gasteiger partial charge in [0.2, 0.25) is 17.8 Å². The molecule has 1 saturated heterocycles. The molecule has 11 heteroatoms. The lowest BCUT2D eigenvalue weighted by atomic mass is 10.2. The lowest BCUT2D eigenvalue weighted by molar-refractivity contribution is -0.129. The highest BCUT2D eigenvalue weighted by Gasteiger charge is 2.19. The first-order chi connectivity index (χ1) is 17.3. The largest absolute Gasteiger partial charge is 0.506 e. The van der Waals surface area contributed by atoms with Crippen molar-refractivity contribution in [2.24, 2.45) is 0 Å². The van der Waals surface area contributed by atoms with Gasteiger partial charge in [-0.2, -0.15) is 4.98 Å². The van der Waals surface area contributed by atoms with Crippen LogP contribution >= 0.6 is 11.6 Å². The average Bonchev–Trinajstić information content (AvgIpc) is 2.87. The lowest BCUT2D eigenvalue weighted by Crippen LogP contribution is -2.48. The van der Waals surface area contributed by atoms with Gasteiger partial charge in [-0.25, -0.2) is 4.98 Å². The molecule has 10 nitrogen and oxygen atoms in total. The fraction of sp³-hybridized carbons (Fsp3) is 0.200. The van der Waals surface area contributed by atoms with Gasteiger partial charge in [0, 0.05) is 56.2 Å². The van der Waals surface area contributed by atoms with Gasteiger partial charge in [0.15, 0.2) is 5.82 Å². The normalized spacial score (nSPS) is 13.2. The highest BCUT2D eigenvalue weighted by molar-refractivity contribution is 6.32. The first-order valence-corrected chi connectivity index (χ1v) is 11.6. The van der Waals surface area contributed by atoms with E-state index in [2.05, 4.69) is 37.4 Å². The molecular weight excluding hydrogens is 482 g/mol. The van der Waals surface area contributed by atoms with Crippen LogP contribution in [0.2, 0.25) is 5.02 Å². The topological polar surface area (TPSA) is 123 Å². The number of aromatic hydroxyl groups is 1. The number of benzene rings is 2. The van der Waals surface area contributed by atoms with Gasteiger partial charge in [0.1, 0.15) is 10.8 Å². The summed E-state index contributed by atoms with van der Waals surface area (Å²) in [4.78, 5) is 35.7. The monoisotopic (exact) mass is 507 g/mol. The van der Waals surface area contributed by atoms with E-state index in [1.165, 1.54) is 12.3 Å². The Morgan fingerprint density at radius 3 is 2.53 bits per heavy atom. The smallest absolute Gasteiger partial charge is 0.247 e. The van der Waals surface area contributed by atoms with Crippen molar-refractivity contribution in [3.63, 3.8) is 0 Å². The third-order valence-corrected chi connectivity index (χ3v) is 5.92. The van der Waals surface area contributed by atoms with Crippen molar-refractivity contribution in [2.75, 3.05) is 47.0 Å². The Morgan fingerprint density at radius 1 is 1.08 bits per heavy atom. The number of carbonyl (C=O) groups excluding carboxylic acids is 2. The summed E-state index contributed by atoms with van der Waals surface area (Å²) in [7, 11) is 0. The third-order valence-electron chi connectivity index (χ3n) is 5.64. The standard InChI is InChI=1S/C25H26ClN7O3/c1-3-23(36)28-17-5-4-6-18(13-17)29-24-20(26)15-27-25(31-24)30-21-8-7-19(14-22(21)35)33-11-9-32(10-12-33)16(2)34/h3-8,13-15,35H,1,9-12H2,2H3,(H,28,36)(H2,27,29,30,31). The van der Waals surface area contributed by atoms with Gasteiger partial charge in [0.25, 0.3) is 0 Å². The summed E-state index contributed by atoms with van der Waals surface area (Å²) in [6.07, 6.45) is 2.64. The van der Waals surface area contributed by atoms with Gasteiger partial charge in [-0.3, -0.25) is 9.59 Å². The van der Waals surface area contributed by atoms with Crippen molar-refractivity contribution in [2.45, 2.75) is 6.92 Å². The van der Waals surface area contributed by atoms with Gasteiger partial charge in [-0.05, 0) is 36.4 Å². The van der Waals surface area contributed by atoms with Gasteiger partial charge >= 0.3 is 0 Å². The molecule has 2 amide bonds. The van der Waals surface area contributed by atoms with Crippen LogP contribution in [0.25, 0.3) is 0 Å². The number of aromatic nitrogens is 2. The molecule has 2 aromatic carbocycles. The quantitative estimate of drug-likeness (QED) is 0.278.